The maximum atomic E-state index is 10.9. The second kappa shape index (κ2) is 8.53. The molecular weight excluding hydrogens is 346 g/mol. The summed E-state index contributed by atoms with van der Waals surface area (Å²) >= 11 is 0. The van der Waals surface area contributed by atoms with Crippen LogP contribution in [-0.2, 0) is 0 Å². The predicted molar refractivity (Wildman–Crippen MR) is 118 cm³/mol. The number of amidine groups is 1. The average molecular weight is 374 g/mol. The van der Waals surface area contributed by atoms with Crippen molar-refractivity contribution in [2.45, 2.75) is 51.0 Å². The number of nitrogens with two attached hydrogens (primary N) is 1. The molecule has 0 saturated heterocycles. The van der Waals surface area contributed by atoms with Crippen molar-refractivity contribution in [2.75, 3.05) is 0 Å². The van der Waals surface area contributed by atoms with Gasteiger partial charge >= 0.3 is 0 Å². The Bertz CT molecular complexity index is 1030. The van der Waals surface area contributed by atoms with Gasteiger partial charge in [-0.3, -0.25) is 0 Å². The molecule has 4 nitrogen and oxygen atoms in total. The van der Waals surface area contributed by atoms with Crippen LogP contribution >= 0.6 is 0 Å². The Morgan fingerprint density at radius 2 is 1.54 bits per heavy atom. The number of aliphatic hydroxyl groups excluding tert-OH is 1. The zero-order valence-electron chi connectivity index (χ0n) is 16.1. The van der Waals surface area contributed by atoms with Gasteiger partial charge in [0.05, 0.1) is 6.10 Å². The summed E-state index contributed by atoms with van der Waals surface area (Å²) in [5, 5.41) is 24.0. The van der Waals surface area contributed by atoms with Crippen molar-refractivity contribution in [3.63, 3.8) is 0 Å². The molecule has 1 saturated carbocycles. The van der Waals surface area contributed by atoms with Gasteiger partial charge < -0.3 is 10.8 Å². The highest BCUT2D eigenvalue weighted by Gasteiger charge is 2.15. The maximum absolute atomic E-state index is 10.9. The molecule has 3 aromatic rings. The molecule has 3 aromatic carbocycles. The Balaban J connectivity index is 1.62. The third kappa shape index (κ3) is 4.07. The van der Waals surface area contributed by atoms with Crippen LogP contribution in [0.4, 0.5) is 0 Å². The van der Waals surface area contributed by atoms with E-state index in [0.29, 0.717) is 5.84 Å². The molecule has 3 N–H and O–H groups in total. The minimum absolute atomic E-state index is 0.277. The Labute approximate surface area is 165 Å². The van der Waals surface area contributed by atoms with Gasteiger partial charge in [0.1, 0.15) is 5.84 Å². The van der Waals surface area contributed by atoms with Crippen LogP contribution in [0, 0.1) is 0 Å². The van der Waals surface area contributed by atoms with E-state index in [4.69, 9.17) is 5.73 Å². The first-order chi connectivity index (χ1) is 13.7. The molecule has 1 aliphatic rings. The fourth-order valence-corrected chi connectivity index (χ4v) is 4.08. The summed E-state index contributed by atoms with van der Waals surface area (Å²) in [7, 11) is 0. The van der Waals surface area contributed by atoms with Crippen LogP contribution in [0.15, 0.2) is 64.8 Å². The fraction of sp³-hybridized carbons (Fsp3) is 0.333. The van der Waals surface area contributed by atoms with Crippen LogP contribution in [0.1, 0.15) is 56.6 Å². The number of benzene rings is 3. The second-order valence-electron chi connectivity index (χ2n) is 7.62. The Morgan fingerprint density at radius 1 is 0.893 bits per heavy atom. The predicted octanol–water partition coefficient (Wildman–Crippen LogP) is 5.48. The Morgan fingerprint density at radius 3 is 2.29 bits per heavy atom. The molecule has 28 heavy (non-hydrogen) atoms. The number of hydrogen-bond acceptors (Lipinski definition) is 3. The SMILES string of the molecule is N/C(CC(O)c1cc2ccccc2c2ccccc12)=N\N=C1CCCCCC1. The molecule has 0 spiro atoms. The first kappa shape index (κ1) is 18.6. The van der Waals surface area contributed by atoms with Crippen molar-refractivity contribution < 1.29 is 5.11 Å². The van der Waals surface area contributed by atoms with E-state index in [1.54, 1.807) is 0 Å². The van der Waals surface area contributed by atoms with Crippen molar-refractivity contribution in [3.05, 3.63) is 60.2 Å². The number of aliphatic hydroxyl groups is 1. The minimum Gasteiger partial charge on any atom is -0.388 e. The lowest BCUT2D eigenvalue weighted by atomic mass is 9.93. The molecule has 0 aliphatic heterocycles. The van der Waals surface area contributed by atoms with Gasteiger partial charge in [-0.25, -0.2) is 0 Å². The summed E-state index contributed by atoms with van der Waals surface area (Å²) in [5.74, 6) is 0.376. The molecule has 0 amide bonds. The normalized spacial score (nSPS) is 16.9. The van der Waals surface area contributed by atoms with Gasteiger partial charge in [0, 0.05) is 12.1 Å². The molecule has 1 aliphatic carbocycles. The first-order valence-electron chi connectivity index (χ1n) is 10.2. The average Bonchev–Trinajstić information content (AvgIpc) is 3.00. The first-order valence-corrected chi connectivity index (χ1v) is 10.2. The number of rotatable bonds is 4. The smallest absolute Gasteiger partial charge is 0.125 e. The molecule has 1 atom stereocenters. The minimum atomic E-state index is -0.715. The van der Waals surface area contributed by atoms with Crippen LogP contribution in [0.3, 0.4) is 0 Å². The highest BCUT2D eigenvalue weighted by atomic mass is 16.3. The molecule has 0 aromatic heterocycles. The van der Waals surface area contributed by atoms with Gasteiger partial charge in [0.15, 0.2) is 0 Å². The lowest BCUT2D eigenvalue weighted by Gasteiger charge is -2.15. The van der Waals surface area contributed by atoms with E-state index >= 15 is 0 Å². The monoisotopic (exact) mass is 373 g/mol. The van der Waals surface area contributed by atoms with Gasteiger partial charge in [-0.05, 0) is 58.9 Å². The molecular formula is C24H27N3O. The second-order valence-corrected chi connectivity index (χ2v) is 7.62. The van der Waals surface area contributed by atoms with E-state index in [1.807, 2.05) is 24.3 Å². The largest absolute Gasteiger partial charge is 0.388 e. The standard InChI is InChI=1S/C24H27N3O/c25-24(27-26-18-10-3-1-2-4-11-18)16-23(28)22-15-17-9-5-6-12-19(17)20-13-7-8-14-21(20)22/h5-9,12-15,23,28H,1-4,10-11,16H2,(H2,25,27). The highest BCUT2D eigenvalue weighted by molar-refractivity contribution is 6.09. The van der Waals surface area contributed by atoms with E-state index in [0.717, 1.165) is 40.3 Å². The quantitative estimate of drug-likeness (QED) is 0.209. The molecule has 4 rings (SSSR count). The number of nitrogens with zero attached hydrogens (tertiary/aromatic N) is 2. The Hall–Kier alpha value is -2.72. The van der Waals surface area contributed by atoms with Crippen molar-refractivity contribution in [2.24, 2.45) is 15.9 Å². The molecule has 1 unspecified atom stereocenters. The van der Waals surface area contributed by atoms with Crippen LogP contribution < -0.4 is 5.73 Å². The lowest BCUT2D eigenvalue weighted by Crippen LogP contribution is -2.16. The van der Waals surface area contributed by atoms with Gasteiger partial charge in [0.25, 0.3) is 0 Å². The van der Waals surface area contributed by atoms with Gasteiger partial charge in [0.2, 0.25) is 0 Å². The molecule has 0 radical (unpaired) electrons. The number of fused-ring (bicyclic) bond motifs is 3. The third-order valence-corrected chi connectivity index (χ3v) is 5.56. The Kier molecular flexibility index (Phi) is 5.68. The van der Waals surface area contributed by atoms with Crippen LogP contribution in [-0.4, -0.2) is 16.7 Å². The molecule has 1 fully saturated rings. The van der Waals surface area contributed by atoms with Crippen molar-refractivity contribution in [1.82, 2.24) is 0 Å². The highest BCUT2D eigenvalue weighted by Crippen LogP contribution is 2.33. The van der Waals surface area contributed by atoms with Crippen molar-refractivity contribution in [1.29, 1.82) is 0 Å². The zero-order chi connectivity index (χ0) is 19.3. The zero-order valence-corrected chi connectivity index (χ0v) is 16.1. The van der Waals surface area contributed by atoms with Gasteiger partial charge in [-0.1, -0.05) is 61.4 Å². The summed E-state index contributed by atoms with van der Waals surface area (Å²) in [6.07, 6.45) is 6.48. The van der Waals surface area contributed by atoms with Crippen LogP contribution in [0.25, 0.3) is 21.5 Å². The van der Waals surface area contributed by atoms with Gasteiger partial charge in [-0.2, -0.15) is 5.10 Å². The summed E-state index contributed by atoms with van der Waals surface area (Å²) in [6, 6.07) is 18.5. The van der Waals surface area contributed by atoms with Crippen LogP contribution in [0.5, 0.6) is 0 Å². The third-order valence-electron chi connectivity index (χ3n) is 5.56. The summed E-state index contributed by atoms with van der Waals surface area (Å²) < 4.78 is 0. The van der Waals surface area contributed by atoms with Crippen molar-refractivity contribution >= 4 is 33.1 Å². The van der Waals surface area contributed by atoms with E-state index in [-0.39, 0.29) is 6.42 Å². The number of hydrogen-bond donors (Lipinski definition) is 2. The topological polar surface area (TPSA) is 71.0 Å². The van der Waals surface area contributed by atoms with Gasteiger partial charge in [-0.15, -0.1) is 5.10 Å². The lowest BCUT2D eigenvalue weighted by molar-refractivity contribution is 0.187. The van der Waals surface area contributed by atoms with E-state index < -0.39 is 6.10 Å². The fourth-order valence-electron chi connectivity index (χ4n) is 4.08. The van der Waals surface area contributed by atoms with E-state index in [9.17, 15) is 5.11 Å². The summed E-state index contributed by atoms with van der Waals surface area (Å²) in [4.78, 5) is 0. The van der Waals surface area contributed by atoms with Crippen molar-refractivity contribution in [3.8, 4) is 0 Å². The summed E-state index contributed by atoms with van der Waals surface area (Å²) in [5.41, 5.74) is 8.12. The molecule has 0 heterocycles. The molecule has 0 bridgehead atoms. The summed E-state index contributed by atoms with van der Waals surface area (Å²) in [6.45, 7) is 0. The van der Waals surface area contributed by atoms with Crippen LogP contribution in [0.2, 0.25) is 0 Å². The molecule has 4 heteroatoms. The van der Waals surface area contributed by atoms with E-state index in [1.165, 1.54) is 31.1 Å². The van der Waals surface area contributed by atoms with E-state index in [2.05, 4.69) is 40.5 Å². The maximum Gasteiger partial charge on any atom is 0.125 e. The molecule has 144 valence electrons.